The largest absolute Gasteiger partial charge is 0.423 e. The molecule has 0 bridgehead atoms. The maximum Gasteiger partial charge on any atom is 0.308 e. The lowest BCUT2D eigenvalue weighted by Gasteiger charge is -2.06. The highest BCUT2D eigenvalue weighted by Crippen LogP contribution is 2.26. The van der Waals surface area contributed by atoms with E-state index in [-0.39, 0.29) is 11.5 Å². The second kappa shape index (κ2) is 7.23. The minimum Gasteiger partial charge on any atom is -0.423 e. The van der Waals surface area contributed by atoms with Gasteiger partial charge in [0.15, 0.2) is 11.5 Å². The molecule has 0 spiro atoms. The summed E-state index contributed by atoms with van der Waals surface area (Å²) in [4.78, 5) is 21.4. The summed E-state index contributed by atoms with van der Waals surface area (Å²) in [5.74, 6) is -0.417. The molecule has 0 aliphatic heterocycles. The molecular formula is C12H14O4. The first-order valence-corrected chi connectivity index (χ1v) is 4.55. The monoisotopic (exact) mass is 222 g/mol. The van der Waals surface area contributed by atoms with Crippen molar-refractivity contribution in [3.8, 4) is 11.5 Å². The molecule has 0 N–H and O–H groups in total. The van der Waals surface area contributed by atoms with Crippen molar-refractivity contribution in [2.24, 2.45) is 0 Å². The van der Waals surface area contributed by atoms with Crippen LogP contribution in [0.1, 0.15) is 13.8 Å². The van der Waals surface area contributed by atoms with Crippen LogP contribution in [0.4, 0.5) is 0 Å². The fourth-order valence-corrected chi connectivity index (χ4v) is 0.928. The number of para-hydroxylation sites is 2. The number of ether oxygens (including phenoxy) is 2. The minimum absolute atomic E-state index is 0.246. The Kier molecular flexibility index (Phi) is 6.28. The van der Waals surface area contributed by atoms with Gasteiger partial charge in [0.25, 0.3) is 0 Å². The molecule has 86 valence electrons. The summed E-state index contributed by atoms with van der Waals surface area (Å²) in [6, 6.07) is 6.48. The van der Waals surface area contributed by atoms with Gasteiger partial charge in [0.2, 0.25) is 0 Å². The Morgan fingerprint density at radius 3 is 1.50 bits per heavy atom. The van der Waals surface area contributed by atoms with Crippen LogP contribution in [-0.4, -0.2) is 11.9 Å². The molecule has 0 aromatic heterocycles. The van der Waals surface area contributed by atoms with E-state index >= 15 is 0 Å². The van der Waals surface area contributed by atoms with Crippen LogP contribution in [0.15, 0.2) is 37.4 Å². The molecule has 0 fully saturated rings. The van der Waals surface area contributed by atoms with Crippen LogP contribution in [0.3, 0.4) is 0 Å². The molecule has 0 atom stereocenters. The Hall–Kier alpha value is -2.10. The first-order chi connectivity index (χ1) is 7.59. The molecule has 1 aromatic rings. The van der Waals surface area contributed by atoms with Crippen molar-refractivity contribution in [2.45, 2.75) is 13.8 Å². The SMILES string of the molecule is C=C.CC(=O)Oc1ccccc1OC(C)=O. The van der Waals surface area contributed by atoms with Crippen molar-refractivity contribution in [3.63, 3.8) is 0 Å². The number of esters is 2. The van der Waals surface area contributed by atoms with E-state index in [2.05, 4.69) is 13.2 Å². The second-order valence-corrected chi connectivity index (χ2v) is 2.63. The number of carbonyl (C=O) groups is 2. The van der Waals surface area contributed by atoms with Gasteiger partial charge in [-0.2, -0.15) is 0 Å². The van der Waals surface area contributed by atoms with Crippen LogP contribution in [-0.2, 0) is 9.59 Å². The molecule has 0 amide bonds. The van der Waals surface area contributed by atoms with Crippen LogP contribution >= 0.6 is 0 Å². The molecule has 0 unspecified atom stereocenters. The number of hydrogen-bond acceptors (Lipinski definition) is 4. The van der Waals surface area contributed by atoms with E-state index in [1.807, 2.05) is 0 Å². The van der Waals surface area contributed by atoms with Crippen molar-refractivity contribution in [1.82, 2.24) is 0 Å². The zero-order valence-electron chi connectivity index (χ0n) is 9.36. The van der Waals surface area contributed by atoms with Crippen molar-refractivity contribution in [2.75, 3.05) is 0 Å². The normalized spacial score (nSPS) is 8.38. The topological polar surface area (TPSA) is 52.6 Å². The molecule has 0 aliphatic rings. The van der Waals surface area contributed by atoms with Crippen molar-refractivity contribution >= 4 is 11.9 Å². The van der Waals surface area contributed by atoms with Gasteiger partial charge >= 0.3 is 11.9 Å². The smallest absolute Gasteiger partial charge is 0.308 e. The van der Waals surface area contributed by atoms with Gasteiger partial charge in [0, 0.05) is 13.8 Å². The predicted octanol–water partition coefficient (Wildman–Crippen LogP) is 2.34. The molecule has 4 nitrogen and oxygen atoms in total. The lowest BCUT2D eigenvalue weighted by molar-refractivity contribution is -0.134. The number of hydrogen-bond donors (Lipinski definition) is 0. The van der Waals surface area contributed by atoms with E-state index < -0.39 is 11.9 Å². The molecule has 0 aliphatic carbocycles. The summed E-state index contributed by atoms with van der Waals surface area (Å²) < 4.78 is 9.66. The van der Waals surface area contributed by atoms with E-state index in [1.165, 1.54) is 13.8 Å². The van der Waals surface area contributed by atoms with E-state index in [1.54, 1.807) is 24.3 Å². The van der Waals surface area contributed by atoms with E-state index in [0.29, 0.717) is 0 Å². The van der Waals surface area contributed by atoms with Crippen LogP contribution in [0.2, 0.25) is 0 Å². The van der Waals surface area contributed by atoms with E-state index in [0.717, 1.165) is 0 Å². The van der Waals surface area contributed by atoms with Gasteiger partial charge in [-0.3, -0.25) is 9.59 Å². The Morgan fingerprint density at radius 2 is 1.25 bits per heavy atom. The Bertz CT molecular complexity index is 336. The van der Waals surface area contributed by atoms with Gasteiger partial charge in [-0.15, -0.1) is 13.2 Å². The lowest BCUT2D eigenvalue weighted by Crippen LogP contribution is -2.06. The molecule has 1 rings (SSSR count). The summed E-state index contributed by atoms with van der Waals surface area (Å²) in [6.45, 7) is 8.56. The summed E-state index contributed by atoms with van der Waals surface area (Å²) in [5.41, 5.74) is 0. The molecule has 0 radical (unpaired) electrons. The maximum absolute atomic E-state index is 10.7. The summed E-state index contributed by atoms with van der Waals surface area (Å²) in [7, 11) is 0. The third kappa shape index (κ3) is 4.95. The Labute approximate surface area is 94.5 Å². The van der Waals surface area contributed by atoms with Gasteiger partial charge < -0.3 is 9.47 Å². The highest BCUT2D eigenvalue weighted by atomic mass is 16.6. The molecule has 4 heteroatoms. The molecule has 0 saturated heterocycles. The summed E-state index contributed by atoms with van der Waals surface area (Å²) in [6.07, 6.45) is 0. The first kappa shape index (κ1) is 13.9. The molecule has 16 heavy (non-hydrogen) atoms. The Morgan fingerprint density at radius 1 is 0.938 bits per heavy atom. The number of carbonyl (C=O) groups excluding carboxylic acids is 2. The van der Waals surface area contributed by atoms with Crippen molar-refractivity contribution < 1.29 is 19.1 Å². The average Bonchev–Trinajstić information content (AvgIpc) is 2.22. The van der Waals surface area contributed by atoms with Crippen molar-refractivity contribution in [1.29, 1.82) is 0 Å². The summed E-state index contributed by atoms with van der Waals surface area (Å²) in [5, 5.41) is 0. The highest BCUT2D eigenvalue weighted by Gasteiger charge is 2.07. The third-order valence-corrected chi connectivity index (χ3v) is 1.36. The third-order valence-electron chi connectivity index (χ3n) is 1.36. The number of rotatable bonds is 2. The average molecular weight is 222 g/mol. The molecule has 0 saturated carbocycles. The van der Waals surface area contributed by atoms with Gasteiger partial charge in [0.1, 0.15) is 0 Å². The molecule has 0 heterocycles. The van der Waals surface area contributed by atoms with Gasteiger partial charge in [-0.1, -0.05) is 12.1 Å². The van der Waals surface area contributed by atoms with Gasteiger partial charge in [0.05, 0.1) is 0 Å². The number of benzene rings is 1. The van der Waals surface area contributed by atoms with Gasteiger partial charge in [-0.25, -0.2) is 0 Å². The summed E-state index contributed by atoms with van der Waals surface area (Å²) >= 11 is 0. The standard InChI is InChI=1S/C10H10O4.C2H4/c1-7(11)13-9-5-3-4-6-10(9)14-8(2)12;1-2/h3-6H,1-2H3;1-2H2. The van der Waals surface area contributed by atoms with E-state index in [9.17, 15) is 9.59 Å². The van der Waals surface area contributed by atoms with E-state index in [4.69, 9.17) is 9.47 Å². The fraction of sp³-hybridized carbons (Fsp3) is 0.167. The van der Waals surface area contributed by atoms with Crippen LogP contribution < -0.4 is 9.47 Å². The van der Waals surface area contributed by atoms with Crippen LogP contribution in [0.25, 0.3) is 0 Å². The Balaban J connectivity index is 0.00000106. The predicted molar refractivity (Wildman–Crippen MR) is 60.3 cm³/mol. The first-order valence-electron chi connectivity index (χ1n) is 4.55. The molecular weight excluding hydrogens is 208 g/mol. The highest BCUT2D eigenvalue weighted by molar-refractivity contribution is 5.73. The second-order valence-electron chi connectivity index (χ2n) is 2.63. The van der Waals surface area contributed by atoms with Crippen LogP contribution in [0, 0.1) is 0 Å². The quantitative estimate of drug-likeness (QED) is 0.438. The molecule has 1 aromatic carbocycles. The zero-order chi connectivity index (χ0) is 12.6. The lowest BCUT2D eigenvalue weighted by atomic mass is 10.3. The van der Waals surface area contributed by atoms with Crippen LogP contribution in [0.5, 0.6) is 11.5 Å². The maximum atomic E-state index is 10.7. The minimum atomic E-state index is -0.454. The zero-order valence-corrected chi connectivity index (χ0v) is 9.36. The van der Waals surface area contributed by atoms with Gasteiger partial charge in [-0.05, 0) is 12.1 Å². The van der Waals surface area contributed by atoms with Crippen molar-refractivity contribution in [3.05, 3.63) is 37.4 Å². The fourth-order valence-electron chi connectivity index (χ4n) is 0.928.